The minimum atomic E-state index is 0.137. The molecule has 1 heterocycles. The summed E-state index contributed by atoms with van der Waals surface area (Å²) in [5.41, 5.74) is 2.98. The van der Waals surface area contributed by atoms with Crippen LogP contribution >= 0.6 is 0 Å². The summed E-state index contributed by atoms with van der Waals surface area (Å²) in [5, 5.41) is 0. The monoisotopic (exact) mass is 211 g/mol. The van der Waals surface area contributed by atoms with Crippen molar-refractivity contribution in [3.05, 3.63) is 0 Å². The van der Waals surface area contributed by atoms with Gasteiger partial charge in [0.05, 0.1) is 6.10 Å². The number of hydrogen-bond donors (Lipinski definition) is 1. The number of carbonyl (C=O) groups is 1. The normalized spacial score (nSPS) is 34.5. The Morgan fingerprint density at radius 1 is 1.07 bits per heavy atom. The van der Waals surface area contributed by atoms with Gasteiger partial charge in [0.1, 0.15) is 5.78 Å². The van der Waals surface area contributed by atoms with Crippen LogP contribution in [-0.2, 0) is 9.63 Å². The molecular weight excluding hydrogens is 190 g/mol. The lowest BCUT2D eigenvalue weighted by Crippen LogP contribution is -2.33. The Hall–Kier alpha value is -0.410. The molecule has 3 heteroatoms. The van der Waals surface area contributed by atoms with Crippen molar-refractivity contribution in [2.24, 2.45) is 5.92 Å². The van der Waals surface area contributed by atoms with Gasteiger partial charge in [-0.2, -0.15) is 0 Å². The van der Waals surface area contributed by atoms with Crippen LogP contribution in [0.1, 0.15) is 51.4 Å². The first kappa shape index (κ1) is 11.1. The van der Waals surface area contributed by atoms with Crippen LogP contribution in [0.25, 0.3) is 0 Å². The van der Waals surface area contributed by atoms with Crippen LogP contribution in [0.2, 0.25) is 0 Å². The number of ketones is 1. The van der Waals surface area contributed by atoms with Crippen molar-refractivity contribution in [2.45, 2.75) is 57.5 Å². The van der Waals surface area contributed by atoms with Crippen molar-refractivity contribution in [1.29, 1.82) is 0 Å². The summed E-state index contributed by atoms with van der Waals surface area (Å²) < 4.78 is 0. The van der Waals surface area contributed by atoms with Crippen LogP contribution in [0, 0.1) is 5.92 Å². The van der Waals surface area contributed by atoms with Crippen LogP contribution < -0.4 is 5.48 Å². The highest BCUT2D eigenvalue weighted by atomic mass is 16.7. The van der Waals surface area contributed by atoms with Crippen molar-refractivity contribution in [3.63, 3.8) is 0 Å². The van der Waals surface area contributed by atoms with Gasteiger partial charge in [-0.1, -0.05) is 12.8 Å². The maximum Gasteiger partial charge on any atom is 0.138 e. The molecule has 2 fully saturated rings. The summed E-state index contributed by atoms with van der Waals surface area (Å²) in [4.78, 5) is 17.5. The third kappa shape index (κ3) is 3.02. The fourth-order valence-electron chi connectivity index (χ4n) is 2.63. The second-order valence-corrected chi connectivity index (χ2v) is 4.72. The van der Waals surface area contributed by atoms with Gasteiger partial charge in [-0.05, 0) is 32.1 Å². The van der Waals surface area contributed by atoms with Crippen LogP contribution in [-0.4, -0.2) is 18.4 Å². The predicted octanol–water partition coefficient (Wildman–Crippen LogP) is 2.21. The van der Waals surface area contributed by atoms with Gasteiger partial charge < -0.3 is 0 Å². The first-order chi connectivity index (χ1) is 7.38. The maximum atomic E-state index is 11.9. The van der Waals surface area contributed by atoms with E-state index in [1.54, 1.807) is 0 Å². The smallest absolute Gasteiger partial charge is 0.138 e. The zero-order valence-corrected chi connectivity index (χ0v) is 9.34. The van der Waals surface area contributed by atoms with E-state index in [9.17, 15) is 4.79 Å². The summed E-state index contributed by atoms with van der Waals surface area (Å²) in [6.45, 7) is 0.928. The molecule has 0 spiro atoms. The summed E-state index contributed by atoms with van der Waals surface area (Å²) >= 11 is 0. The molecule has 0 bridgehead atoms. The van der Waals surface area contributed by atoms with E-state index in [1.165, 1.54) is 19.3 Å². The molecule has 1 saturated carbocycles. The first-order valence-corrected chi connectivity index (χ1v) is 6.29. The molecule has 1 N–H and O–H groups in total. The molecule has 1 saturated heterocycles. The third-order valence-electron chi connectivity index (χ3n) is 3.55. The van der Waals surface area contributed by atoms with E-state index >= 15 is 0 Å². The van der Waals surface area contributed by atoms with E-state index in [4.69, 9.17) is 4.84 Å². The molecule has 1 aliphatic heterocycles. The Balaban J connectivity index is 1.95. The molecule has 1 aliphatic carbocycles. The zero-order chi connectivity index (χ0) is 10.5. The summed E-state index contributed by atoms with van der Waals surface area (Å²) in [6, 6.07) is 0. The Bertz CT molecular complexity index is 210. The van der Waals surface area contributed by atoms with Gasteiger partial charge in [0.25, 0.3) is 0 Å². The first-order valence-electron chi connectivity index (χ1n) is 6.29. The topological polar surface area (TPSA) is 38.3 Å². The van der Waals surface area contributed by atoms with Crippen LogP contribution in [0.3, 0.4) is 0 Å². The molecule has 0 aromatic rings. The fourth-order valence-corrected chi connectivity index (χ4v) is 2.63. The van der Waals surface area contributed by atoms with E-state index in [0.717, 1.165) is 38.6 Å². The van der Waals surface area contributed by atoms with Crippen LogP contribution in [0.4, 0.5) is 0 Å². The van der Waals surface area contributed by atoms with Gasteiger partial charge in [0.2, 0.25) is 0 Å². The van der Waals surface area contributed by atoms with Crippen LogP contribution in [0.15, 0.2) is 0 Å². The molecule has 2 atom stereocenters. The minimum absolute atomic E-state index is 0.137. The molecule has 3 nitrogen and oxygen atoms in total. The van der Waals surface area contributed by atoms with Gasteiger partial charge >= 0.3 is 0 Å². The predicted molar refractivity (Wildman–Crippen MR) is 58.3 cm³/mol. The third-order valence-corrected chi connectivity index (χ3v) is 3.55. The van der Waals surface area contributed by atoms with Crippen molar-refractivity contribution >= 4 is 5.78 Å². The van der Waals surface area contributed by atoms with E-state index in [-0.39, 0.29) is 12.0 Å². The highest BCUT2D eigenvalue weighted by molar-refractivity contribution is 5.81. The van der Waals surface area contributed by atoms with Gasteiger partial charge in [0, 0.05) is 18.9 Å². The lowest BCUT2D eigenvalue weighted by Gasteiger charge is -2.23. The van der Waals surface area contributed by atoms with Crippen molar-refractivity contribution in [1.82, 2.24) is 5.48 Å². The highest BCUT2D eigenvalue weighted by Gasteiger charge is 2.30. The number of nitrogens with one attached hydrogen (secondary N) is 1. The van der Waals surface area contributed by atoms with Crippen molar-refractivity contribution in [2.75, 3.05) is 6.54 Å². The SMILES string of the molecule is O=C1CCCCCC1C1CCCCNO1. The number of Topliss-reactive ketones (excluding diaryl/α,β-unsaturated/α-hetero) is 1. The molecule has 86 valence electrons. The Morgan fingerprint density at radius 3 is 2.87 bits per heavy atom. The second kappa shape index (κ2) is 5.61. The van der Waals surface area contributed by atoms with E-state index in [1.807, 2.05) is 0 Å². The lowest BCUT2D eigenvalue weighted by molar-refractivity contribution is -0.131. The van der Waals surface area contributed by atoms with E-state index < -0.39 is 0 Å². The molecule has 2 rings (SSSR count). The molecule has 2 aliphatic rings. The number of hydroxylamine groups is 1. The van der Waals surface area contributed by atoms with Gasteiger partial charge in [-0.3, -0.25) is 9.63 Å². The van der Waals surface area contributed by atoms with Gasteiger partial charge in [0.15, 0.2) is 0 Å². The van der Waals surface area contributed by atoms with Crippen molar-refractivity contribution < 1.29 is 9.63 Å². The largest absolute Gasteiger partial charge is 0.299 e. The summed E-state index contributed by atoms with van der Waals surface area (Å²) in [6.07, 6.45) is 8.81. The molecule has 15 heavy (non-hydrogen) atoms. The minimum Gasteiger partial charge on any atom is -0.299 e. The maximum absolute atomic E-state index is 11.9. The quantitative estimate of drug-likeness (QED) is 0.676. The molecular formula is C12H21NO2. The molecule has 0 aromatic carbocycles. The average molecular weight is 211 g/mol. The van der Waals surface area contributed by atoms with Crippen molar-refractivity contribution in [3.8, 4) is 0 Å². The average Bonchev–Trinajstić information content (AvgIpc) is 2.59. The van der Waals surface area contributed by atoms with Gasteiger partial charge in [-0.15, -0.1) is 0 Å². The van der Waals surface area contributed by atoms with Crippen LogP contribution in [0.5, 0.6) is 0 Å². The Kier molecular flexibility index (Phi) is 4.15. The van der Waals surface area contributed by atoms with E-state index in [2.05, 4.69) is 5.48 Å². The molecule has 2 unspecified atom stereocenters. The summed E-state index contributed by atoms with van der Waals surface area (Å²) in [7, 11) is 0. The number of rotatable bonds is 1. The van der Waals surface area contributed by atoms with E-state index in [0.29, 0.717) is 5.78 Å². The summed E-state index contributed by atoms with van der Waals surface area (Å²) in [5.74, 6) is 0.597. The number of hydrogen-bond acceptors (Lipinski definition) is 3. The zero-order valence-electron chi connectivity index (χ0n) is 9.34. The Morgan fingerprint density at radius 2 is 1.93 bits per heavy atom. The number of carbonyl (C=O) groups excluding carboxylic acids is 1. The Labute approximate surface area is 91.5 Å². The fraction of sp³-hybridized carbons (Fsp3) is 0.917. The van der Waals surface area contributed by atoms with Gasteiger partial charge in [-0.25, -0.2) is 5.48 Å². The molecule has 0 radical (unpaired) electrons. The second-order valence-electron chi connectivity index (χ2n) is 4.72. The molecule has 0 amide bonds. The molecule has 0 aromatic heterocycles. The highest BCUT2D eigenvalue weighted by Crippen LogP contribution is 2.27. The standard InChI is InChI=1S/C12H21NO2/c14-11-7-3-1-2-6-10(11)12-8-4-5-9-13-15-12/h10,12-13H,1-9H2. The lowest BCUT2D eigenvalue weighted by atomic mass is 9.90.